The van der Waals surface area contributed by atoms with E-state index in [-0.39, 0.29) is 0 Å². The van der Waals surface area contributed by atoms with E-state index in [1.165, 1.54) is 32.1 Å². The Kier molecular flexibility index (Phi) is 8.99. The van der Waals surface area contributed by atoms with Crippen molar-refractivity contribution in [2.75, 3.05) is 13.7 Å². The molecule has 0 heterocycles. The first-order chi connectivity index (χ1) is 13.5. The van der Waals surface area contributed by atoms with Gasteiger partial charge in [-0.2, -0.15) is 0 Å². The van der Waals surface area contributed by atoms with Gasteiger partial charge >= 0.3 is 11.9 Å². The summed E-state index contributed by atoms with van der Waals surface area (Å²) in [6.07, 6.45) is 4.52. The van der Waals surface area contributed by atoms with Gasteiger partial charge in [0.05, 0.1) is 33.8 Å². The molecule has 0 fully saturated rings. The summed E-state index contributed by atoms with van der Waals surface area (Å²) in [4.78, 5) is 24.0. The van der Waals surface area contributed by atoms with Crippen molar-refractivity contribution in [3.8, 4) is 11.5 Å². The predicted octanol–water partition coefficient (Wildman–Crippen LogP) is 6.18. The van der Waals surface area contributed by atoms with Crippen LogP contribution in [0.4, 0.5) is 0 Å². The lowest BCUT2D eigenvalue weighted by molar-refractivity contribution is 0.0600. The van der Waals surface area contributed by atoms with Gasteiger partial charge in [-0.25, -0.2) is 9.59 Å². The Hall–Kier alpha value is -1.86. The van der Waals surface area contributed by atoms with Gasteiger partial charge in [0.25, 0.3) is 0 Å². The maximum atomic E-state index is 12.4. The molecule has 0 aromatic heterocycles. The van der Waals surface area contributed by atoms with Crippen molar-refractivity contribution in [2.24, 2.45) is 0 Å². The molecular weight excluding hydrogens is 492 g/mol. The van der Waals surface area contributed by atoms with Crippen LogP contribution in [-0.4, -0.2) is 25.7 Å². The molecule has 150 valence electrons. The Morgan fingerprint density at radius 3 is 2.04 bits per heavy atom. The van der Waals surface area contributed by atoms with Crippen LogP contribution >= 0.6 is 31.9 Å². The van der Waals surface area contributed by atoms with Gasteiger partial charge in [-0.05, 0) is 74.7 Å². The summed E-state index contributed by atoms with van der Waals surface area (Å²) < 4.78 is 17.0. The zero-order valence-electron chi connectivity index (χ0n) is 15.8. The quantitative estimate of drug-likeness (QED) is 0.228. The van der Waals surface area contributed by atoms with Crippen molar-refractivity contribution in [3.63, 3.8) is 0 Å². The van der Waals surface area contributed by atoms with Crippen molar-refractivity contribution < 1.29 is 23.8 Å². The standard InChI is InChI=1S/C21H22Br2O5/c1-3-4-5-6-11-27-18-9-7-15(13-16(18)22)21(25)28-19-10-8-14(12-17(19)23)20(24)26-2/h7-10,12-13H,3-6,11H2,1-2H3. The largest absolute Gasteiger partial charge is 0.492 e. The molecule has 0 bridgehead atoms. The van der Waals surface area contributed by atoms with E-state index in [9.17, 15) is 9.59 Å². The summed E-state index contributed by atoms with van der Waals surface area (Å²) in [7, 11) is 1.31. The van der Waals surface area contributed by atoms with Gasteiger partial charge in [0, 0.05) is 0 Å². The Morgan fingerprint density at radius 2 is 1.46 bits per heavy atom. The van der Waals surface area contributed by atoms with Crippen LogP contribution in [0.25, 0.3) is 0 Å². The lowest BCUT2D eigenvalue weighted by Crippen LogP contribution is -2.10. The predicted molar refractivity (Wildman–Crippen MR) is 114 cm³/mol. The van der Waals surface area contributed by atoms with Gasteiger partial charge < -0.3 is 14.2 Å². The third-order valence-corrected chi connectivity index (χ3v) is 5.22. The summed E-state index contributed by atoms with van der Waals surface area (Å²) in [5.74, 6) is 0.0242. The Morgan fingerprint density at radius 1 is 0.857 bits per heavy atom. The Bertz CT molecular complexity index is 836. The fourth-order valence-electron chi connectivity index (χ4n) is 2.44. The van der Waals surface area contributed by atoms with E-state index < -0.39 is 11.9 Å². The molecule has 0 aliphatic carbocycles. The summed E-state index contributed by atoms with van der Waals surface area (Å²) in [5.41, 5.74) is 0.742. The molecule has 2 rings (SSSR count). The Balaban J connectivity index is 2.01. The molecule has 0 unspecified atom stereocenters. The lowest BCUT2D eigenvalue weighted by Gasteiger charge is -2.11. The van der Waals surface area contributed by atoms with E-state index in [1.54, 1.807) is 24.3 Å². The molecule has 0 saturated heterocycles. The van der Waals surface area contributed by atoms with E-state index in [2.05, 4.69) is 43.5 Å². The second-order valence-electron chi connectivity index (χ2n) is 6.08. The van der Waals surface area contributed by atoms with Crippen LogP contribution in [0.15, 0.2) is 45.3 Å². The van der Waals surface area contributed by atoms with E-state index in [0.29, 0.717) is 38.2 Å². The summed E-state index contributed by atoms with van der Waals surface area (Å²) in [6.45, 7) is 2.81. The summed E-state index contributed by atoms with van der Waals surface area (Å²) in [6, 6.07) is 9.68. The smallest absolute Gasteiger partial charge is 0.343 e. The second-order valence-corrected chi connectivity index (χ2v) is 7.79. The van der Waals surface area contributed by atoms with Crippen molar-refractivity contribution >= 4 is 43.8 Å². The summed E-state index contributed by atoms with van der Waals surface area (Å²) >= 11 is 6.74. The minimum atomic E-state index is -0.512. The molecule has 28 heavy (non-hydrogen) atoms. The van der Waals surface area contributed by atoms with Gasteiger partial charge in [0.1, 0.15) is 11.5 Å². The first-order valence-corrected chi connectivity index (χ1v) is 10.6. The van der Waals surface area contributed by atoms with E-state index in [0.717, 1.165) is 12.8 Å². The van der Waals surface area contributed by atoms with Crippen LogP contribution in [0.1, 0.15) is 53.3 Å². The van der Waals surface area contributed by atoms with Crippen LogP contribution in [-0.2, 0) is 4.74 Å². The molecule has 0 N–H and O–H groups in total. The van der Waals surface area contributed by atoms with E-state index in [4.69, 9.17) is 9.47 Å². The van der Waals surface area contributed by atoms with Crippen LogP contribution in [0.3, 0.4) is 0 Å². The number of unbranched alkanes of at least 4 members (excludes halogenated alkanes) is 3. The van der Waals surface area contributed by atoms with Crippen molar-refractivity contribution in [2.45, 2.75) is 32.6 Å². The average Bonchev–Trinajstić information content (AvgIpc) is 2.69. The van der Waals surface area contributed by atoms with Crippen LogP contribution in [0.2, 0.25) is 0 Å². The molecule has 0 spiro atoms. The zero-order valence-corrected chi connectivity index (χ0v) is 19.0. The van der Waals surface area contributed by atoms with E-state index >= 15 is 0 Å². The number of benzene rings is 2. The number of carbonyl (C=O) groups excluding carboxylic acids is 2. The summed E-state index contributed by atoms with van der Waals surface area (Å²) in [5, 5.41) is 0. The third-order valence-electron chi connectivity index (χ3n) is 3.98. The van der Waals surface area contributed by atoms with Crippen molar-refractivity contribution in [3.05, 3.63) is 56.5 Å². The van der Waals surface area contributed by atoms with Gasteiger partial charge in [-0.1, -0.05) is 26.2 Å². The number of rotatable bonds is 9. The number of ether oxygens (including phenoxy) is 3. The fraction of sp³-hybridized carbons (Fsp3) is 0.333. The molecule has 2 aromatic carbocycles. The molecule has 0 aliphatic heterocycles. The lowest BCUT2D eigenvalue weighted by atomic mass is 10.2. The van der Waals surface area contributed by atoms with Gasteiger partial charge in [0.2, 0.25) is 0 Å². The van der Waals surface area contributed by atoms with Crippen molar-refractivity contribution in [1.29, 1.82) is 0 Å². The monoisotopic (exact) mass is 512 g/mol. The Labute approximate surface area is 181 Å². The molecule has 5 nitrogen and oxygen atoms in total. The maximum absolute atomic E-state index is 12.4. The fourth-order valence-corrected chi connectivity index (χ4v) is 3.40. The first kappa shape index (κ1) is 22.4. The number of hydrogen-bond donors (Lipinski definition) is 0. The number of esters is 2. The molecule has 0 saturated carbocycles. The highest BCUT2D eigenvalue weighted by Crippen LogP contribution is 2.29. The maximum Gasteiger partial charge on any atom is 0.343 e. The number of methoxy groups -OCH3 is 1. The number of halogens is 2. The number of hydrogen-bond acceptors (Lipinski definition) is 5. The normalized spacial score (nSPS) is 10.4. The van der Waals surface area contributed by atoms with Gasteiger partial charge in [-0.15, -0.1) is 0 Å². The first-order valence-electron chi connectivity index (χ1n) is 8.98. The van der Waals surface area contributed by atoms with Crippen LogP contribution in [0.5, 0.6) is 11.5 Å². The molecule has 0 aliphatic rings. The SMILES string of the molecule is CCCCCCOc1ccc(C(=O)Oc2ccc(C(=O)OC)cc2Br)cc1Br. The molecule has 2 aromatic rings. The van der Waals surface area contributed by atoms with Crippen LogP contribution < -0.4 is 9.47 Å². The average molecular weight is 514 g/mol. The minimum Gasteiger partial charge on any atom is -0.492 e. The topological polar surface area (TPSA) is 61.8 Å². The third kappa shape index (κ3) is 6.34. The highest BCUT2D eigenvalue weighted by atomic mass is 79.9. The number of carbonyl (C=O) groups is 2. The highest BCUT2D eigenvalue weighted by Gasteiger charge is 2.15. The minimum absolute atomic E-state index is 0.310. The second kappa shape index (κ2) is 11.2. The highest BCUT2D eigenvalue weighted by molar-refractivity contribution is 9.10. The molecule has 0 amide bonds. The molecule has 0 radical (unpaired) electrons. The van der Waals surface area contributed by atoms with Crippen LogP contribution in [0, 0.1) is 0 Å². The zero-order chi connectivity index (χ0) is 20.5. The molecule has 7 heteroatoms. The molecule has 0 atom stereocenters. The van der Waals surface area contributed by atoms with Crippen molar-refractivity contribution in [1.82, 2.24) is 0 Å². The van der Waals surface area contributed by atoms with E-state index in [1.807, 2.05) is 0 Å². The van der Waals surface area contributed by atoms with Gasteiger partial charge in [0.15, 0.2) is 0 Å². The van der Waals surface area contributed by atoms with Gasteiger partial charge in [-0.3, -0.25) is 0 Å². The molecular formula is C21H22Br2O5.